The molecule has 0 aromatic heterocycles. The highest BCUT2D eigenvalue weighted by molar-refractivity contribution is 5.76. The highest BCUT2D eigenvalue weighted by Gasteiger charge is 2.18. The molecule has 2 atom stereocenters. The van der Waals surface area contributed by atoms with Crippen LogP contribution in [0.5, 0.6) is 0 Å². The minimum Gasteiger partial charge on any atom is -0.466 e. The zero-order chi connectivity index (χ0) is 47.9. The smallest absolute Gasteiger partial charge is 0.305 e. The molecule has 3 N–H and O–H groups in total. The predicted molar refractivity (Wildman–Crippen MR) is 287 cm³/mol. The van der Waals surface area contributed by atoms with Crippen molar-refractivity contribution in [2.24, 2.45) is 0 Å². The van der Waals surface area contributed by atoms with E-state index in [1.54, 1.807) is 6.08 Å². The molecule has 2 unspecified atom stereocenters. The molecule has 0 rings (SSSR count). The molecule has 6 heteroatoms. The number of ether oxygens (including phenoxy) is 1. The fourth-order valence-electron chi connectivity index (χ4n) is 9.16. The van der Waals surface area contributed by atoms with E-state index in [0.29, 0.717) is 19.4 Å². The fourth-order valence-corrected chi connectivity index (χ4v) is 9.16. The van der Waals surface area contributed by atoms with Gasteiger partial charge in [-0.3, -0.25) is 9.59 Å². The molecule has 0 fully saturated rings. The quantitative estimate of drug-likeness (QED) is 0.0321. The Morgan fingerprint density at radius 2 is 0.712 bits per heavy atom. The molecule has 6 nitrogen and oxygen atoms in total. The van der Waals surface area contributed by atoms with Crippen LogP contribution in [0.1, 0.15) is 322 Å². The Morgan fingerprint density at radius 1 is 0.409 bits per heavy atom. The molecule has 0 saturated heterocycles. The predicted octanol–water partition coefficient (Wildman–Crippen LogP) is 18.2. The molecule has 0 aliphatic carbocycles. The third-order valence-corrected chi connectivity index (χ3v) is 13.7. The number of rotatable bonds is 55. The van der Waals surface area contributed by atoms with Gasteiger partial charge in [-0.15, -0.1) is 0 Å². The van der Waals surface area contributed by atoms with Gasteiger partial charge in [-0.05, 0) is 57.8 Å². The summed E-state index contributed by atoms with van der Waals surface area (Å²) in [6.07, 6.45) is 67.7. The first-order valence-electron chi connectivity index (χ1n) is 29.6. The molecule has 0 radical (unpaired) electrons. The number of carbonyl (C=O) groups excluding carboxylic acids is 2. The first-order valence-corrected chi connectivity index (χ1v) is 29.6. The Hall–Kier alpha value is -1.66. The summed E-state index contributed by atoms with van der Waals surface area (Å²) in [5, 5.41) is 23.2. The Balaban J connectivity index is 3.46. The van der Waals surface area contributed by atoms with E-state index in [1.807, 2.05) is 6.08 Å². The summed E-state index contributed by atoms with van der Waals surface area (Å²) in [7, 11) is 0. The van der Waals surface area contributed by atoms with Crippen molar-refractivity contribution in [1.29, 1.82) is 0 Å². The number of hydrogen-bond acceptors (Lipinski definition) is 5. The van der Waals surface area contributed by atoms with E-state index in [-0.39, 0.29) is 18.5 Å². The monoisotopic (exact) mass is 930 g/mol. The average molecular weight is 931 g/mol. The number of aliphatic hydroxyl groups is 2. The van der Waals surface area contributed by atoms with E-state index >= 15 is 0 Å². The first kappa shape index (κ1) is 64.3. The number of nitrogens with one attached hydrogen (secondary N) is 1. The van der Waals surface area contributed by atoms with E-state index in [9.17, 15) is 19.8 Å². The maximum atomic E-state index is 12.5. The molecule has 0 spiro atoms. The number of aliphatic hydroxyl groups excluding tert-OH is 2. The standard InChI is InChI=1S/C60H115NO5/c1-3-5-7-9-11-13-15-17-18-19-20-21-22-25-29-32-36-40-44-48-52-58(63)57(56-62)61-59(64)53-49-45-41-37-33-30-26-23-24-27-31-35-39-43-47-51-55-66-60(65)54-50-46-42-38-34-28-16-14-12-10-8-6-4-2/h14,16,48,52,57-58,62-63H,3-13,15,17-47,49-51,53-56H2,1-2H3,(H,61,64)/b16-14-,52-48+. The summed E-state index contributed by atoms with van der Waals surface area (Å²) in [6, 6.07) is -0.634. The Labute approximate surface area is 411 Å². The van der Waals surface area contributed by atoms with Gasteiger partial charge in [0.25, 0.3) is 0 Å². The van der Waals surface area contributed by atoms with Crippen molar-refractivity contribution >= 4 is 11.9 Å². The van der Waals surface area contributed by atoms with Gasteiger partial charge in [0.2, 0.25) is 5.91 Å². The third kappa shape index (κ3) is 51.7. The molecule has 66 heavy (non-hydrogen) atoms. The van der Waals surface area contributed by atoms with Gasteiger partial charge in [0.15, 0.2) is 0 Å². The summed E-state index contributed by atoms with van der Waals surface area (Å²) in [4.78, 5) is 24.5. The molecule has 0 aromatic carbocycles. The molecule has 1 amide bonds. The Bertz CT molecular complexity index is 1030. The number of allylic oxidation sites excluding steroid dienone is 3. The van der Waals surface area contributed by atoms with Crippen LogP contribution in [0.15, 0.2) is 24.3 Å². The number of amides is 1. The molecular formula is C60H115NO5. The van der Waals surface area contributed by atoms with Crippen LogP contribution in [-0.2, 0) is 14.3 Å². The van der Waals surface area contributed by atoms with Crippen LogP contribution in [0.25, 0.3) is 0 Å². The highest BCUT2D eigenvalue weighted by Crippen LogP contribution is 2.17. The summed E-state index contributed by atoms with van der Waals surface area (Å²) < 4.78 is 5.46. The third-order valence-electron chi connectivity index (χ3n) is 13.7. The van der Waals surface area contributed by atoms with Gasteiger partial charge < -0.3 is 20.3 Å². The second kappa shape index (κ2) is 55.9. The van der Waals surface area contributed by atoms with Crippen LogP contribution in [0, 0.1) is 0 Å². The zero-order valence-corrected chi connectivity index (χ0v) is 44.4. The SMILES string of the molecule is CCCCCC/C=C\CCCCCCCC(=O)OCCCCCCCCCCCCCCCCCCC(=O)NC(CO)C(O)/C=C/CCCCCCCCCCCCCCCCCCCC. The first-order chi connectivity index (χ1) is 32.5. The molecule has 0 saturated carbocycles. The molecule has 0 heterocycles. The molecular weight excluding hydrogens is 815 g/mol. The van der Waals surface area contributed by atoms with Gasteiger partial charge >= 0.3 is 5.97 Å². The van der Waals surface area contributed by atoms with Crippen LogP contribution in [0.3, 0.4) is 0 Å². The van der Waals surface area contributed by atoms with Crippen molar-refractivity contribution in [1.82, 2.24) is 5.32 Å². The van der Waals surface area contributed by atoms with Gasteiger partial charge in [-0.2, -0.15) is 0 Å². The highest BCUT2D eigenvalue weighted by atomic mass is 16.5. The molecule has 0 bridgehead atoms. The summed E-state index contributed by atoms with van der Waals surface area (Å²) in [5.74, 6) is -0.0791. The van der Waals surface area contributed by atoms with Crippen molar-refractivity contribution in [3.8, 4) is 0 Å². The van der Waals surface area contributed by atoms with E-state index in [4.69, 9.17) is 4.74 Å². The lowest BCUT2D eigenvalue weighted by Crippen LogP contribution is -2.45. The van der Waals surface area contributed by atoms with E-state index in [0.717, 1.165) is 44.9 Å². The number of carbonyl (C=O) groups is 2. The summed E-state index contributed by atoms with van der Waals surface area (Å²) >= 11 is 0. The van der Waals surface area contributed by atoms with Crippen LogP contribution in [0.4, 0.5) is 0 Å². The Kier molecular flexibility index (Phi) is 54.5. The van der Waals surface area contributed by atoms with Crippen molar-refractivity contribution in [3.05, 3.63) is 24.3 Å². The summed E-state index contributed by atoms with van der Waals surface area (Å²) in [5.41, 5.74) is 0. The maximum Gasteiger partial charge on any atom is 0.305 e. The average Bonchev–Trinajstić information content (AvgIpc) is 3.32. The largest absolute Gasteiger partial charge is 0.466 e. The van der Waals surface area contributed by atoms with Crippen LogP contribution in [-0.4, -0.2) is 47.4 Å². The van der Waals surface area contributed by atoms with Crippen LogP contribution < -0.4 is 5.32 Å². The minimum atomic E-state index is -0.850. The lowest BCUT2D eigenvalue weighted by atomic mass is 10.0. The second-order valence-electron chi connectivity index (χ2n) is 20.3. The van der Waals surface area contributed by atoms with Gasteiger partial charge in [0.05, 0.1) is 25.4 Å². The molecule has 0 aromatic rings. The number of esters is 1. The van der Waals surface area contributed by atoms with E-state index in [1.165, 1.54) is 250 Å². The van der Waals surface area contributed by atoms with Crippen molar-refractivity contribution < 1.29 is 24.5 Å². The van der Waals surface area contributed by atoms with Crippen molar-refractivity contribution in [2.45, 2.75) is 334 Å². The van der Waals surface area contributed by atoms with Crippen LogP contribution in [0.2, 0.25) is 0 Å². The topological polar surface area (TPSA) is 95.9 Å². The fraction of sp³-hybridized carbons (Fsp3) is 0.900. The van der Waals surface area contributed by atoms with Crippen molar-refractivity contribution in [3.63, 3.8) is 0 Å². The van der Waals surface area contributed by atoms with Crippen molar-refractivity contribution in [2.75, 3.05) is 13.2 Å². The molecule has 390 valence electrons. The summed E-state index contributed by atoms with van der Waals surface area (Å²) in [6.45, 7) is 4.89. The molecule has 0 aliphatic heterocycles. The van der Waals surface area contributed by atoms with Gasteiger partial charge in [0.1, 0.15) is 0 Å². The van der Waals surface area contributed by atoms with E-state index < -0.39 is 12.1 Å². The minimum absolute atomic E-state index is 0.00671. The Morgan fingerprint density at radius 3 is 1.09 bits per heavy atom. The molecule has 0 aliphatic rings. The normalized spacial score (nSPS) is 12.7. The van der Waals surface area contributed by atoms with Gasteiger partial charge in [-0.25, -0.2) is 0 Å². The van der Waals surface area contributed by atoms with Crippen LogP contribution >= 0.6 is 0 Å². The number of unbranched alkanes of at least 4 members (excludes halogenated alkanes) is 42. The second-order valence-corrected chi connectivity index (χ2v) is 20.3. The van der Waals surface area contributed by atoms with E-state index in [2.05, 4.69) is 31.3 Å². The zero-order valence-electron chi connectivity index (χ0n) is 44.4. The lowest BCUT2D eigenvalue weighted by Gasteiger charge is -2.20. The number of hydrogen-bond donors (Lipinski definition) is 3. The maximum absolute atomic E-state index is 12.5. The van der Waals surface area contributed by atoms with Gasteiger partial charge in [-0.1, -0.05) is 276 Å². The van der Waals surface area contributed by atoms with Gasteiger partial charge in [0, 0.05) is 12.8 Å². The lowest BCUT2D eigenvalue weighted by molar-refractivity contribution is -0.143.